The predicted molar refractivity (Wildman–Crippen MR) is 141 cm³/mol. The molecule has 0 saturated carbocycles. The van der Waals surface area contributed by atoms with Gasteiger partial charge in [0.2, 0.25) is 0 Å². The Hall–Kier alpha value is -4.25. The molecule has 0 aliphatic carbocycles. The Kier molecular flexibility index (Phi) is 8.60. The van der Waals surface area contributed by atoms with Crippen LogP contribution in [-0.2, 0) is 19.7 Å². The average Bonchev–Trinajstić information content (AvgIpc) is 2.93. The van der Waals surface area contributed by atoms with Crippen LogP contribution < -0.4 is 14.2 Å². The standard InChI is InChI=1S/C31H31NO4/c1-3-35-28-19-18-26(20-27(28)23-36-30-17-11-10-16-29(30)34-2)31(33)32(21-24-12-6-4-7-13-24)22-25-14-8-5-9-15-25/h4-20H,3,21-23H2,1-2H3. The van der Waals surface area contributed by atoms with E-state index in [9.17, 15) is 4.79 Å². The number of benzene rings is 4. The second kappa shape index (κ2) is 12.5. The molecule has 0 saturated heterocycles. The molecule has 0 N–H and O–H groups in total. The van der Waals surface area contributed by atoms with Crippen LogP contribution in [0, 0.1) is 0 Å². The first-order valence-electron chi connectivity index (χ1n) is 12.1. The molecule has 0 aromatic heterocycles. The van der Waals surface area contributed by atoms with Crippen LogP contribution in [0.3, 0.4) is 0 Å². The first-order chi connectivity index (χ1) is 17.7. The van der Waals surface area contributed by atoms with Crippen LogP contribution in [0.15, 0.2) is 103 Å². The summed E-state index contributed by atoms with van der Waals surface area (Å²) < 4.78 is 17.3. The van der Waals surface area contributed by atoms with Crippen LogP contribution in [0.2, 0.25) is 0 Å². The Balaban J connectivity index is 1.61. The minimum Gasteiger partial charge on any atom is -0.493 e. The first-order valence-corrected chi connectivity index (χ1v) is 12.1. The van der Waals surface area contributed by atoms with Gasteiger partial charge in [-0.15, -0.1) is 0 Å². The van der Waals surface area contributed by atoms with Crippen LogP contribution >= 0.6 is 0 Å². The number of carbonyl (C=O) groups is 1. The first kappa shape index (κ1) is 24.9. The van der Waals surface area contributed by atoms with Gasteiger partial charge in [0.25, 0.3) is 5.91 Å². The van der Waals surface area contributed by atoms with E-state index in [0.717, 1.165) is 16.7 Å². The van der Waals surface area contributed by atoms with Gasteiger partial charge < -0.3 is 19.1 Å². The zero-order chi connectivity index (χ0) is 25.2. The topological polar surface area (TPSA) is 48.0 Å². The summed E-state index contributed by atoms with van der Waals surface area (Å²) >= 11 is 0. The molecule has 4 aromatic carbocycles. The highest BCUT2D eigenvalue weighted by molar-refractivity contribution is 5.94. The molecule has 0 unspecified atom stereocenters. The third-order valence-corrected chi connectivity index (χ3v) is 5.78. The van der Waals surface area contributed by atoms with Gasteiger partial charge in [-0.2, -0.15) is 0 Å². The molecule has 1 amide bonds. The highest BCUT2D eigenvalue weighted by atomic mass is 16.5. The zero-order valence-electron chi connectivity index (χ0n) is 20.7. The molecule has 5 nitrogen and oxygen atoms in total. The van der Waals surface area contributed by atoms with Crippen molar-refractivity contribution in [2.75, 3.05) is 13.7 Å². The number of methoxy groups -OCH3 is 1. The molecule has 0 bridgehead atoms. The van der Waals surface area contributed by atoms with Crippen LogP contribution in [0.1, 0.15) is 34.0 Å². The maximum atomic E-state index is 13.8. The summed E-state index contributed by atoms with van der Waals surface area (Å²) in [5.74, 6) is 1.93. The SMILES string of the molecule is CCOc1ccc(C(=O)N(Cc2ccccc2)Cc2ccccc2)cc1COc1ccccc1OC. The van der Waals surface area contributed by atoms with Gasteiger partial charge in [-0.05, 0) is 48.4 Å². The number of hydrogen-bond donors (Lipinski definition) is 0. The van der Waals surface area contributed by atoms with Crippen molar-refractivity contribution in [2.45, 2.75) is 26.6 Å². The predicted octanol–water partition coefficient (Wildman–Crippen LogP) is 6.52. The van der Waals surface area contributed by atoms with Gasteiger partial charge in [0, 0.05) is 24.2 Å². The molecule has 4 rings (SSSR count). The number of ether oxygens (including phenoxy) is 3. The van der Waals surface area contributed by atoms with Crippen molar-refractivity contribution in [1.29, 1.82) is 0 Å². The molecular formula is C31H31NO4. The molecule has 0 aliphatic heterocycles. The minimum absolute atomic E-state index is 0.0516. The van der Waals surface area contributed by atoms with Gasteiger partial charge in [-0.3, -0.25) is 4.79 Å². The third kappa shape index (κ3) is 6.45. The van der Waals surface area contributed by atoms with E-state index in [4.69, 9.17) is 14.2 Å². The number of rotatable bonds is 11. The molecular weight excluding hydrogens is 450 g/mol. The maximum Gasteiger partial charge on any atom is 0.254 e. The molecule has 0 radical (unpaired) electrons. The van der Waals surface area contributed by atoms with E-state index >= 15 is 0 Å². The van der Waals surface area contributed by atoms with E-state index in [2.05, 4.69) is 0 Å². The third-order valence-electron chi connectivity index (χ3n) is 5.78. The molecule has 0 aliphatic rings. The van der Waals surface area contributed by atoms with Crippen LogP contribution in [0.4, 0.5) is 0 Å². The molecule has 5 heteroatoms. The van der Waals surface area contributed by atoms with Crippen molar-refractivity contribution in [1.82, 2.24) is 4.90 Å². The summed E-state index contributed by atoms with van der Waals surface area (Å²) in [6.07, 6.45) is 0. The second-order valence-electron chi connectivity index (χ2n) is 8.33. The van der Waals surface area contributed by atoms with Gasteiger partial charge in [-0.25, -0.2) is 0 Å². The van der Waals surface area contributed by atoms with E-state index in [-0.39, 0.29) is 12.5 Å². The van der Waals surface area contributed by atoms with E-state index in [1.807, 2.05) is 115 Å². The lowest BCUT2D eigenvalue weighted by atomic mass is 10.1. The number of para-hydroxylation sites is 2. The molecule has 4 aromatic rings. The number of carbonyl (C=O) groups excluding carboxylic acids is 1. The van der Waals surface area contributed by atoms with Crippen LogP contribution in [0.25, 0.3) is 0 Å². The normalized spacial score (nSPS) is 10.5. The Labute approximate surface area is 212 Å². The largest absolute Gasteiger partial charge is 0.493 e. The quantitative estimate of drug-likeness (QED) is 0.245. The molecule has 184 valence electrons. The Morgan fingerprint density at radius 2 is 1.28 bits per heavy atom. The number of nitrogens with zero attached hydrogens (tertiary/aromatic N) is 1. The molecule has 36 heavy (non-hydrogen) atoms. The van der Waals surface area contributed by atoms with E-state index in [1.54, 1.807) is 7.11 Å². The summed E-state index contributed by atoms with van der Waals surface area (Å²) in [6, 6.07) is 33.1. The molecule has 0 atom stereocenters. The minimum atomic E-state index is -0.0516. The fourth-order valence-corrected chi connectivity index (χ4v) is 4.00. The van der Waals surface area contributed by atoms with Crippen molar-refractivity contribution in [3.63, 3.8) is 0 Å². The molecule has 0 heterocycles. The lowest BCUT2D eigenvalue weighted by Gasteiger charge is -2.24. The summed E-state index contributed by atoms with van der Waals surface area (Å²) in [5, 5.41) is 0. The lowest BCUT2D eigenvalue weighted by molar-refractivity contribution is 0.0729. The van der Waals surface area contributed by atoms with Crippen molar-refractivity contribution in [3.8, 4) is 17.2 Å². The maximum absolute atomic E-state index is 13.8. The van der Waals surface area contributed by atoms with Crippen LogP contribution in [-0.4, -0.2) is 24.5 Å². The van der Waals surface area contributed by atoms with Crippen LogP contribution in [0.5, 0.6) is 17.2 Å². The van der Waals surface area contributed by atoms with Gasteiger partial charge in [0.15, 0.2) is 11.5 Å². The highest BCUT2D eigenvalue weighted by Crippen LogP contribution is 2.29. The highest BCUT2D eigenvalue weighted by Gasteiger charge is 2.19. The average molecular weight is 482 g/mol. The van der Waals surface area contributed by atoms with Crippen molar-refractivity contribution >= 4 is 5.91 Å². The molecule has 0 spiro atoms. The van der Waals surface area contributed by atoms with Gasteiger partial charge in [0.05, 0.1) is 13.7 Å². The van der Waals surface area contributed by atoms with E-state index < -0.39 is 0 Å². The van der Waals surface area contributed by atoms with Gasteiger partial charge in [-0.1, -0.05) is 72.8 Å². The Bertz CT molecular complexity index is 1220. The Morgan fingerprint density at radius 3 is 1.86 bits per heavy atom. The number of amides is 1. The second-order valence-corrected chi connectivity index (χ2v) is 8.33. The zero-order valence-corrected chi connectivity index (χ0v) is 20.7. The smallest absolute Gasteiger partial charge is 0.254 e. The van der Waals surface area contributed by atoms with E-state index in [0.29, 0.717) is 42.5 Å². The summed E-state index contributed by atoms with van der Waals surface area (Å²) in [4.78, 5) is 15.6. The fraction of sp³-hybridized carbons (Fsp3) is 0.194. The monoisotopic (exact) mass is 481 g/mol. The summed E-state index contributed by atoms with van der Waals surface area (Å²) in [5.41, 5.74) is 3.54. The summed E-state index contributed by atoms with van der Waals surface area (Å²) in [6.45, 7) is 3.71. The molecule has 0 fully saturated rings. The fourth-order valence-electron chi connectivity index (χ4n) is 4.00. The number of hydrogen-bond acceptors (Lipinski definition) is 4. The van der Waals surface area contributed by atoms with E-state index in [1.165, 1.54) is 0 Å². The van der Waals surface area contributed by atoms with Gasteiger partial charge >= 0.3 is 0 Å². The lowest BCUT2D eigenvalue weighted by Crippen LogP contribution is -2.30. The van der Waals surface area contributed by atoms with Gasteiger partial charge in [0.1, 0.15) is 12.4 Å². The van der Waals surface area contributed by atoms with Crippen molar-refractivity contribution < 1.29 is 19.0 Å². The summed E-state index contributed by atoms with van der Waals surface area (Å²) in [7, 11) is 1.61. The Morgan fingerprint density at radius 1 is 0.694 bits per heavy atom. The van der Waals surface area contributed by atoms with Crippen molar-refractivity contribution in [3.05, 3.63) is 125 Å². The van der Waals surface area contributed by atoms with Crippen molar-refractivity contribution in [2.24, 2.45) is 0 Å².